The van der Waals surface area contributed by atoms with E-state index in [1.807, 2.05) is 48.5 Å². The predicted octanol–water partition coefficient (Wildman–Crippen LogP) is 6.30. The van der Waals surface area contributed by atoms with E-state index in [0.717, 1.165) is 37.9 Å². The largest absolute Gasteiger partial charge is 0.338 e. The van der Waals surface area contributed by atoms with Gasteiger partial charge < -0.3 is 5.32 Å². The van der Waals surface area contributed by atoms with E-state index in [1.54, 1.807) is 17.5 Å². The Morgan fingerprint density at radius 2 is 1.74 bits per heavy atom. The van der Waals surface area contributed by atoms with Crippen molar-refractivity contribution in [2.75, 3.05) is 5.32 Å². The minimum Gasteiger partial charge on any atom is -0.338 e. The second-order valence-corrected chi connectivity index (χ2v) is 7.24. The minimum atomic E-state index is 0.222. The van der Waals surface area contributed by atoms with E-state index >= 15 is 0 Å². The number of pyridine rings is 1. The quantitative estimate of drug-likeness (QED) is 0.368. The zero-order valence-electron chi connectivity index (χ0n) is 14.1. The average molecular weight is 389 g/mol. The van der Waals surface area contributed by atoms with E-state index < -0.39 is 0 Å². The third-order valence-corrected chi connectivity index (χ3v) is 5.42. The molecule has 0 aliphatic carbocycles. The fourth-order valence-electron chi connectivity index (χ4n) is 3.17. The van der Waals surface area contributed by atoms with Crippen LogP contribution in [0, 0.1) is 0 Å². The molecule has 0 bridgehead atoms. The highest BCUT2D eigenvalue weighted by Crippen LogP contribution is 2.39. The van der Waals surface area contributed by atoms with Gasteiger partial charge in [0.05, 0.1) is 16.6 Å². The van der Waals surface area contributed by atoms with Gasteiger partial charge in [-0.15, -0.1) is 11.3 Å². The van der Waals surface area contributed by atoms with Crippen LogP contribution >= 0.6 is 22.9 Å². The first-order valence-corrected chi connectivity index (χ1v) is 9.66. The molecule has 0 radical (unpaired) electrons. The number of benzene rings is 2. The molecule has 6 heteroatoms. The second-order valence-electron chi connectivity index (χ2n) is 6.04. The Morgan fingerprint density at radius 1 is 0.889 bits per heavy atom. The van der Waals surface area contributed by atoms with Crippen LogP contribution in [-0.2, 0) is 0 Å². The topological polar surface area (TPSA) is 50.7 Å². The van der Waals surface area contributed by atoms with E-state index in [9.17, 15) is 0 Å². The average Bonchev–Trinajstić information content (AvgIpc) is 3.13. The van der Waals surface area contributed by atoms with Crippen molar-refractivity contribution in [2.45, 2.75) is 0 Å². The van der Waals surface area contributed by atoms with Gasteiger partial charge in [-0.05, 0) is 29.3 Å². The van der Waals surface area contributed by atoms with E-state index in [1.165, 1.54) is 0 Å². The number of fused-ring (bicyclic) bond motifs is 2. The van der Waals surface area contributed by atoms with Crippen molar-refractivity contribution in [1.29, 1.82) is 0 Å². The first-order chi connectivity index (χ1) is 13.3. The first-order valence-electron chi connectivity index (χ1n) is 8.40. The number of nitrogens with zero attached hydrogens (tertiary/aromatic N) is 3. The van der Waals surface area contributed by atoms with Crippen LogP contribution in [0.3, 0.4) is 0 Å². The second kappa shape index (κ2) is 6.61. The van der Waals surface area contributed by atoms with Gasteiger partial charge in [-0.2, -0.15) is 4.98 Å². The summed E-state index contributed by atoms with van der Waals surface area (Å²) in [6, 6.07) is 20.2. The van der Waals surface area contributed by atoms with Gasteiger partial charge in [-0.3, -0.25) is 4.98 Å². The van der Waals surface area contributed by atoms with Crippen LogP contribution in [-0.4, -0.2) is 15.0 Å². The highest BCUT2D eigenvalue weighted by Gasteiger charge is 2.16. The molecule has 0 spiro atoms. The van der Waals surface area contributed by atoms with Gasteiger partial charge in [0.1, 0.15) is 10.6 Å². The Morgan fingerprint density at radius 3 is 2.63 bits per heavy atom. The van der Waals surface area contributed by atoms with Crippen LogP contribution in [0.2, 0.25) is 5.28 Å². The molecule has 130 valence electrons. The molecule has 3 aromatic heterocycles. The molecule has 0 aliphatic rings. The standard InChI is InChI=1S/C21H13ClN4S/c22-21-25-19(24-16-10-4-8-14-9-5-11-23-18(14)16)17-15(12-27-20(17)26-21)13-6-2-1-3-7-13/h1-12H,(H,24,25,26). The number of rotatable bonds is 3. The number of para-hydroxylation sites is 1. The molecule has 0 unspecified atom stereocenters. The molecular weight excluding hydrogens is 376 g/mol. The molecule has 5 aromatic rings. The Balaban J connectivity index is 1.72. The van der Waals surface area contributed by atoms with Crippen LogP contribution in [0.1, 0.15) is 0 Å². The normalized spacial score (nSPS) is 11.1. The maximum atomic E-state index is 6.19. The SMILES string of the molecule is Clc1nc(Nc2cccc3cccnc23)c2c(-c3ccccc3)csc2n1. The number of halogens is 1. The summed E-state index contributed by atoms with van der Waals surface area (Å²) >= 11 is 7.75. The smallest absolute Gasteiger partial charge is 0.225 e. The molecule has 0 amide bonds. The van der Waals surface area contributed by atoms with Crippen molar-refractivity contribution in [3.05, 3.63) is 77.5 Å². The Bertz CT molecular complexity index is 1260. The Kier molecular flexibility index (Phi) is 3.96. The van der Waals surface area contributed by atoms with Crippen LogP contribution in [0.4, 0.5) is 11.5 Å². The van der Waals surface area contributed by atoms with E-state index in [0.29, 0.717) is 5.82 Å². The molecular formula is C21H13ClN4S. The van der Waals surface area contributed by atoms with Crippen molar-refractivity contribution in [2.24, 2.45) is 0 Å². The summed E-state index contributed by atoms with van der Waals surface area (Å²) in [7, 11) is 0. The Labute approximate surface area is 164 Å². The minimum absolute atomic E-state index is 0.222. The molecule has 5 rings (SSSR count). The number of aromatic nitrogens is 3. The van der Waals surface area contributed by atoms with Gasteiger partial charge in [0, 0.05) is 22.5 Å². The Hall–Kier alpha value is -3.02. The summed E-state index contributed by atoms with van der Waals surface area (Å²) in [6.07, 6.45) is 1.79. The van der Waals surface area contributed by atoms with Gasteiger partial charge in [-0.1, -0.05) is 48.5 Å². The van der Waals surface area contributed by atoms with Crippen LogP contribution < -0.4 is 5.32 Å². The highest BCUT2D eigenvalue weighted by molar-refractivity contribution is 7.17. The van der Waals surface area contributed by atoms with Crippen LogP contribution in [0.5, 0.6) is 0 Å². The van der Waals surface area contributed by atoms with Crippen LogP contribution in [0.15, 0.2) is 72.2 Å². The number of hydrogen-bond acceptors (Lipinski definition) is 5. The van der Waals surface area contributed by atoms with Crippen molar-refractivity contribution in [1.82, 2.24) is 15.0 Å². The molecule has 2 aromatic carbocycles. The maximum absolute atomic E-state index is 6.19. The van der Waals surface area contributed by atoms with Crippen molar-refractivity contribution >= 4 is 55.6 Å². The summed E-state index contributed by atoms with van der Waals surface area (Å²) in [5.41, 5.74) is 3.98. The summed E-state index contributed by atoms with van der Waals surface area (Å²) in [5, 5.41) is 7.78. The lowest BCUT2D eigenvalue weighted by Gasteiger charge is -2.11. The molecule has 0 fully saturated rings. The molecule has 4 nitrogen and oxygen atoms in total. The number of hydrogen-bond donors (Lipinski definition) is 1. The molecule has 27 heavy (non-hydrogen) atoms. The molecule has 0 saturated heterocycles. The van der Waals surface area contributed by atoms with Crippen molar-refractivity contribution in [3.63, 3.8) is 0 Å². The van der Waals surface area contributed by atoms with E-state index in [2.05, 4.69) is 37.8 Å². The van der Waals surface area contributed by atoms with Gasteiger partial charge in [0.25, 0.3) is 0 Å². The molecule has 1 N–H and O–H groups in total. The molecule has 0 atom stereocenters. The highest BCUT2D eigenvalue weighted by atomic mass is 35.5. The summed E-state index contributed by atoms with van der Waals surface area (Å²) in [6.45, 7) is 0. The summed E-state index contributed by atoms with van der Waals surface area (Å²) in [5.74, 6) is 0.684. The zero-order valence-corrected chi connectivity index (χ0v) is 15.6. The monoisotopic (exact) mass is 388 g/mol. The number of nitrogens with one attached hydrogen (secondary N) is 1. The summed E-state index contributed by atoms with van der Waals surface area (Å²) < 4.78 is 0. The lowest BCUT2D eigenvalue weighted by atomic mass is 10.1. The van der Waals surface area contributed by atoms with Gasteiger partial charge in [0.15, 0.2) is 0 Å². The number of thiophene rings is 1. The van der Waals surface area contributed by atoms with E-state index in [4.69, 9.17) is 11.6 Å². The van der Waals surface area contributed by atoms with Crippen LogP contribution in [0.25, 0.3) is 32.2 Å². The van der Waals surface area contributed by atoms with E-state index in [-0.39, 0.29) is 5.28 Å². The van der Waals surface area contributed by atoms with Gasteiger partial charge in [0.2, 0.25) is 5.28 Å². The third kappa shape index (κ3) is 2.91. The third-order valence-electron chi connectivity index (χ3n) is 4.38. The molecule has 0 aliphatic heterocycles. The van der Waals surface area contributed by atoms with Gasteiger partial charge >= 0.3 is 0 Å². The van der Waals surface area contributed by atoms with Gasteiger partial charge in [-0.25, -0.2) is 4.98 Å². The summed E-state index contributed by atoms with van der Waals surface area (Å²) in [4.78, 5) is 14.3. The molecule has 3 heterocycles. The van der Waals surface area contributed by atoms with Crippen molar-refractivity contribution in [3.8, 4) is 11.1 Å². The number of anilines is 2. The lowest BCUT2D eigenvalue weighted by molar-refractivity contribution is 1.23. The van der Waals surface area contributed by atoms with Crippen molar-refractivity contribution < 1.29 is 0 Å². The predicted molar refractivity (Wildman–Crippen MR) is 113 cm³/mol. The fraction of sp³-hybridized carbons (Fsp3) is 0. The molecule has 0 saturated carbocycles. The fourth-order valence-corrected chi connectivity index (χ4v) is 4.34. The maximum Gasteiger partial charge on any atom is 0.225 e. The lowest BCUT2D eigenvalue weighted by Crippen LogP contribution is -1.98. The first kappa shape index (κ1) is 16.2. The zero-order chi connectivity index (χ0) is 18.2.